The largest absolute Gasteiger partial charge is 0.326 e. The predicted octanol–water partition coefficient (Wildman–Crippen LogP) is 3.91. The van der Waals surface area contributed by atoms with E-state index >= 15 is 0 Å². The fourth-order valence-electron chi connectivity index (χ4n) is 4.65. The molecule has 0 bridgehead atoms. The maximum Gasteiger partial charge on any atom is 0.0258 e. The first-order chi connectivity index (χ1) is 10.2. The summed E-state index contributed by atoms with van der Waals surface area (Å²) in [5.41, 5.74) is 8.05. The van der Waals surface area contributed by atoms with E-state index in [1.165, 1.54) is 44.1 Å². The zero-order valence-corrected chi connectivity index (χ0v) is 13.5. The molecule has 1 aromatic rings. The van der Waals surface area contributed by atoms with Crippen LogP contribution in [-0.2, 0) is 0 Å². The fourth-order valence-corrected chi connectivity index (χ4v) is 4.65. The molecule has 1 aliphatic heterocycles. The Kier molecular flexibility index (Phi) is 4.66. The third-order valence-corrected chi connectivity index (χ3v) is 5.84. The van der Waals surface area contributed by atoms with E-state index in [4.69, 9.17) is 5.73 Å². The molecule has 1 aromatic carbocycles. The van der Waals surface area contributed by atoms with Crippen LogP contribution in [0.4, 0.5) is 0 Å². The molecule has 1 saturated carbocycles. The molecule has 2 fully saturated rings. The van der Waals surface area contributed by atoms with E-state index in [0.29, 0.717) is 24.0 Å². The van der Waals surface area contributed by atoms with Crippen molar-refractivity contribution in [2.24, 2.45) is 5.73 Å². The smallest absolute Gasteiger partial charge is 0.0258 e. The summed E-state index contributed by atoms with van der Waals surface area (Å²) in [6.45, 7) is 4.73. The van der Waals surface area contributed by atoms with E-state index < -0.39 is 0 Å². The van der Waals surface area contributed by atoms with Crippen LogP contribution >= 0.6 is 0 Å². The lowest BCUT2D eigenvalue weighted by Crippen LogP contribution is -2.54. The monoisotopic (exact) mass is 286 g/mol. The van der Waals surface area contributed by atoms with E-state index in [2.05, 4.69) is 49.1 Å². The first-order valence-corrected chi connectivity index (χ1v) is 8.78. The van der Waals surface area contributed by atoms with Crippen molar-refractivity contribution in [2.75, 3.05) is 0 Å². The SMILES string of the molecule is CCC1CCC(C)N1C1CC(c2ccccc2)CCC1N. The average Bonchev–Trinajstić information content (AvgIpc) is 2.89. The molecule has 2 N–H and O–H groups in total. The van der Waals surface area contributed by atoms with Crippen LogP contribution in [0.15, 0.2) is 30.3 Å². The maximum atomic E-state index is 6.54. The third-order valence-electron chi connectivity index (χ3n) is 5.84. The highest BCUT2D eigenvalue weighted by Gasteiger charge is 2.40. The highest BCUT2D eigenvalue weighted by molar-refractivity contribution is 5.21. The first-order valence-electron chi connectivity index (χ1n) is 8.78. The number of nitrogens with two attached hydrogens (primary N) is 1. The molecule has 5 atom stereocenters. The van der Waals surface area contributed by atoms with Gasteiger partial charge in [-0.15, -0.1) is 0 Å². The number of rotatable bonds is 3. The average molecular weight is 286 g/mol. The summed E-state index contributed by atoms with van der Waals surface area (Å²) in [5, 5.41) is 0. The van der Waals surface area contributed by atoms with Crippen molar-refractivity contribution in [1.29, 1.82) is 0 Å². The molecule has 21 heavy (non-hydrogen) atoms. The second-order valence-electron chi connectivity index (χ2n) is 7.09. The lowest BCUT2D eigenvalue weighted by atomic mass is 9.78. The van der Waals surface area contributed by atoms with Crippen LogP contribution in [0.25, 0.3) is 0 Å². The van der Waals surface area contributed by atoms with Crippen LogP contribution in [-0.4, -0.2) is 29.1 Å². The van der Waals surface area contributed by atoms with Gasteiger partial charge in [-0.3, -0.25) is 4.90 Å². The molecule has 1 saturated heterocycles. The Morgan fingerprint density at radius 1 is 1.10 bits per heavy atom. The van der Waals surface area contributed by atoms with E-state index in [9.17, 15) is 0 Å². The zero-order chi connectivity index (χ0) is 14.8. The van der Waals surface area contributed by atoms with Crippen LogP contribution in [0.1, 0.15) is 63.9 Å². The molecule has 116 valence electrons. The molecule has 0 radical (unpaired) electrons. The molecular weight excluding hydrogens is 256 g/mol. The summed E-state index contributed by atoms with van der Waals surface area (Å²) >= 11 is 0. The number of benzene rings is 1. The number of hydrogen-bond donors (Lipinski definition) is 1. The van der Waals surface area contributed by atoms with Crippen molar-refractivity contribution in [3.05, 3.63) is 35.9 Å². The van der Waals surface area contributed by atoms with Gasteiger partial charge in [0.2, 0.25) is 0 Å². The van der Waals surface area contributed by atoms with Crippen molar-refractivity contribution >= 4 is 0 Å². The quantitative estimate of drug-likeness (QED) is 0.912. The first kappa shape index (κ1) is 15.1. The Morgan fingerprint density at radius 2 is 1.86 bits per heavy atom. The molecule has 1 heterocycles. The minimum Gasteiger partial charge on any atom is -0.326 e. The lowest BCUT2D eigenvalue weighted by molar-refractivity contribution is 0.0821. The predicted molar refractivity (Wildman–Crippen MR) is 89.4 cm³/mol. The normalized spacial score (nSPS) is 37.8. The molecule has 0 spiro atoms. The molecule has 2 nitrogen and oxygen atoms in total. The minimum atomic E-state index is 0.361. The summed E-state index contributed by atoms with van der Waals surface area (Å²) in [6, 6.07) is 13.5. The van der Waals surface area contributed by atoms with Gasteiger partial charge in [-0.2, -0.15) is 0 Å². The molecule has 5 unspecified atom stereocenters. The second kappa shape index (κ2) is 6.50. The van der Waals surface area contributed by atoms with E-state index in [0.717, 1.165) is 6.04 Å². The maximum absolute atomic E-state index is 6.54. The molecule has 0 amide bonds. The van der Waals surface area contributed by atoms with Gasteiger partial charge < -0.3 is 5.73 Å². The summed E-state index contributed by atoms with van der Waals surface area (Å²) in [7, 11) is 0. The number of likely N-dealkylation sites (tertiary alicyclic amines) is 1. The van der Waals surface area contributed by atoms with Gasteiger partial charge in [0, 0.05) is 24.2 Å². The van der Waals surface area contributed by atoms with Crippen LogP contribution < -0.4 is 5.73 Å². The second-order valence-corrected chi connectivity index (χ2v) is 7.09. The standard InChI is InChI=1S/C19H30N2/c1-3-17-11-9-14(2)21(17)19-13-16(10-12-18(19)20)15-7-5-4-6-8-15/h4-8,14,16-19H,3,9-13,20H2,1-2H3. The molecule has 3 rings (SSSR count). The third kappa shape index (κ3) is 3.02. The molecular formula is C19H30N2. The van der Waals surface area contributed by atoms with E-state index in [-0.39, 0.29) is 0 Å². The summed E-state index contributed by atoms with van der Waals surface area (Å²) in [4.78, 5) is 2.78. The highest BCUT2D eigenvalue weighted by atomic mass is 15.2. The van der Waals surface area contributed by atoms with Crippen molar-refractivity contribution in [3.8, 4) is 0 Å². The van der Waals surface area contributed by atoms with Crippen molar-refractivity contribution in [3.63, 3.8) is 0 Å². The van der Waals surface area contributed by atoms with E-state index in [1.54, 1.807) is 0 Å². The summed E-state index contributed by atoms with van der Waals surface area (Å²) in [5.74, 6) is 0.696. The zero-order valence-electron chi connectivity index (χ0n) is 13.5. The lowest BCUT2D eigenvalue weighted by Gasteiger charge is -2.44. The molecule has 0 aromatic heterocycles. The van der Waals surface area contributed by atoms with Gasteiger partial charge in [-0.05, 0) is 56.9 Å². The molecule has 2 aliphatic rings. The van der Waals surface area contributed by atoms with Crippen LogP contribution in [0, 0.1) is 0 Å². The number of hydrogen-bond acceptors (Lipinski definition) is 2. The van der Waals surface area contributed by atoms with Crippen molar-refractivity contribution in [2.45, 2.75) is 82.5 Å². The van der Waals surface area contributed by atoms with Gasteiger partial charge in [0.15, 0.2) is 0 Å². The van der Waals surface area contributed by atoms with Crippen LogP contribution in [0.2, 0.25) is 0 Å². The highest BCUT2D eigenvalue weighted by Crippen LogP contribution is 2.39. The van der Waals surface area contributed by atoms with Crippen LogP contribution in [0.5, 0.6) is 0 Å². The Bertz CT molecular complexity index is 444. The molecule has 2 heteroatoms. The van der Waals surface area contributed by atoms with Crippen molar-refractivity contribution in [1.82, 2.24) is 4.90 Å². The van der Waals surface area contributed by atoms with Crippen LogP contribution in [0.3, 0.4) is 0 Å². The summed E-state index contributed by atoms with van der Waals surface area (Å²) in [6.07, 6.45) is 7.63. The fraction of sp³-hybridized carbons (Fsp3) is 0.684. The van der Waals surface area contributed by atoms with Gasteiger partial charge in [-0.1, -0.05) is 37.3 Å². The van der Waals surface area contributed by atoms with E-state index in [1.807, 2.05) is 0 Å². The number of nitrogens with zero attached hydrogens (tertiary/aromatic N) is 1. The topological polar surface area (TPSA) is 29.3 Å². The Balaban J connectivity index is 1.77. The molecule has 1 aliphatic carbocycles. The Labute approximate surface area is 129 Å². The minimum absolute atomic E-state index is 0.361. The van der Waals surface area contributed by atoms with Gasteiger partial charge in [0.1, 0.15) is 0 Å². The summed E-state index contributed by atoms with van der Waals surface area (Å²) < 4.78 is 0. The van der Waals surface area contributed by atoms with Gasteiger partial charge in [0.05, 0.1) is 0 Å². The Hall–Kier alpha value is -0.860. The Morgan fingerprint density at radius 3 is 2.57 bits per heavy atom. The van der Waals surface area contributed by atoms with Gasteiger partial charge in [0.25, 0.3) is 0 Å². The van der Waals surface area contributed by atoms with Gasteiger partial charge in [-0.25, -0.2) is 0 Å². The van der Waals surface area contributed by atoms with Crippen molar-refractivity contribution < 1.29 is 0 Å². The van der Waals surface area contributed by atoms with Gasteiger partial charge >= 0.3 is 0 Å².